The van der Waals surface area contributed by atoms with Gasteiger partial charge in [0.05, 0.1) is 18.4 Å². The lowest BCUT2D eigenvalue weighted by Gasteiger charge is -2.57. The lowest BCUT2D eigenvalue weighted by molar-refractivity contribution is -0.00616. The van der Waals surface area contributed by atoms with Crippen LogP contribution in [-0.2, 0) is 5.41 Å². The van der Waals surface area contributed by atoms with Gasteiger partial charge in [-0.05, 0) is 110 Å². The van der Waals surface area contributed by atoms with E-state index in [1.807, 2.05) is 6.26 Å². The normalized spacial score (nSPS) is 29.2. The van der Waals surface area contributed by atoms with E-state index in [2.05, 4.69) is 18.2 Å². The number of methoxy groups -OCH3 is 1. The van der Waals surface area contributed by atoms with Gasteiger partial charge in [-0.2, -0.15) is 0 Å². The molecule has 4 aliphatic rings. The van der Waals surface area contributed by atoms with Crippen LogP contribution in [0.25, 0.3) is 0 Å². The Morgan fingerprint density at radius 1 is 1.00 bits per heavy atom. The Morgan fingerprint density at radius 2 is 1.58 bits per heavy atom. The Hall–Kier alpha value is -2.27. The van der Waals surface area contributed by atoms with Crippen molar-refractivity contribution in [1.82, 2.24) is 0 Å². The van der Waals surface area contributed by atoms with Crippen molar-refractivity contribution >= 4 is 28.5 Å². The van der Waals surface area contributed by atoms with Crippen molar-refractivity contribution in [2.24, 2.45) is 22.7 Å². The fraction of sp³-hybridized carbons (Fsp3) is 0.462. The average molecular weight is 436 g/mol. The third kappa shape index (κ3) is 3.78. The molecule has 2 aromatic carbocycles. The van der Waals surface area contributed by atoms with E-state index in [1.54, 1.807) is 43.1 Å². The maximum Gasteiger partial charge on any atom is 0.335 e. The van der Waals surface area contributed by atoms with Gasteiger partial charge in [0.2, 0.25) is 0 Å². The predicted octanol–water partition coefficient (Wildman–Crippen LogP) is 6.30. The number of carboxylic acids is 1. The number of rotatable bonds is 5. The van der Waals surface area contributed by atoms with Gasteiger partial charge in [-0.15, -0.1) is 11.8 Å². The number of aromatic carboxylic acids is 1. The smallest absolute Gasteiger partial charge is 0.335 e. The molecule has 162 valence electrons. The number of nitrogens with zero attached hydrogens (tertiary/aromatic N) is 1. The van der Waals surface area contributed by atoms with Crippen molar-refractivity contribution in [3.8, 4) is 5.75 Å². The zero-order valence-corrected chi connectivity index (χ0v) is 19.0. The predicted molar refractivity (Wildman–Crippen MR) is 126 cm³/mol. The van der Waals surface area contributed by atoms with Crippen LogP contribution in [0.5, 0.6) is 5.75 Å². The highest BCUT2D eigenvalue weighted by Crippen LogP contribution is 2.62. The second kappa shape index (κ2) is 8.01. The van der Waals surface area contributed by atoms with Gasteiger partial charge in [-0.3, -0.25) is 0 Å². The van der Waals surface area contributed by atoms with Gasteiger partial charge in [0, 0.05) is 11.1 Å². The third-order valence-electron chi connectivity index (χ3n) is 7.59. The van der Waals surface area contributed by atoms with Crippen LogP contribution in [0.1, 0.15) is 60.0 Å². The molecule has 0 saturated heterocycles. The number of carboxylic acid groups (broad SMARTS) is 1. The number of ether oxygens (including phenoxy) is 1. The molecule has 0 radical (unpaired) electrons. The Labute approximate surface area is 188 Å². The fourth-order valence-corrected chi connectivity index (χ4v) is 7.28. The summed E-state index contributed by atoms with van der Waals surface area (Å²) in [6, 6.07) is 13.3. The van der Waals surface area contributed by atoms with E-state index < -0.39 is 5.97 Å². The molecular weight excluding hydrogens is 406 g/mol. The number of hydrogen-bond acceptors (Lipinski definition) is 4. The minimum Gasteiger partial charge on any atom is -0.496 e. The minimum absolute atomic E-state index is 0.253. The maximum absolute atomic E-state index is 11.1. The first kappa shape index (κ1) is 20.6. The topological polar surface area (TPSA) is 58.9 Å². The van der Waals surface area contributed by atoms with E-state index in [-0.39, 0.29) is 11.0 Å². The number of thioether (sulfide) groups is 1. The van der Waals surface area contributed by atoms with Crippen molar-refractivity contribution in [3.63, 3.8) is 0 Å². The molecule has 4 bridgehead atoms. The highest BCUT2D eigenvalue weighted by atomic mass is 32.2. The number of aliphatic imine (C=N–C) groups is 1. The highest BCUT2D eigenvalue weighted by molar-refractivity contribution is 8.13. The van der Waals surface area contributed by atoms with Gasteiger partial charge < -0.3 is 9.84 Å². The molecule has 4 fully saturated rings. The van der Waals surface area contributed by atoms with Crippen molar-refractivity contribution in [3.05, 3.63) is 59.2 Å². The summed E-state index contributed by atoms with van der Waals surface area (Å²) in [6.45, 7) is 0. The maximum atomic E-state index is 11.1. The first-order chi connectivity index (χ1) is 15.0. The SMILES string of the molecule is COc1ccc(C(=Nc2ccc(C(=O)O)cc2)SC)cc1C12CC3CC(CC(C3)C1)C2. The van der Waals surface area contributed by atoms with Crippen LogP contribution >= 0.6 is 11.8 Å². The van der Waals surface area contributed by atoms with Gasteiger partial charge >= 0.3 is 5.97 Å². The zero-order chi connectivity index (χ0) is 21.6. The third-order valence-corrected chi connectivity index (χ3v) is 8.31. The lowest BCUT2D eigenvalue weighted by Crippen LogP contribution is -2.48. The number of hydrogen-bond donors (Lipinski definition) is 1. The van der Waals surface area contributed by atoms with Crippen molar-refractivity contribution in [2.45, 2.75) is 43.9 Å². The summed E-state index contributed by atoms with van der Waals surface area (Å²) >= 11 is 1.62. The molecule has 0 spiro atoms. The standard InChI is InChI=1S/C26H29NO3S/c1-30-23-8-5-20(24(31-2)27-21-6-3-19(4-7-21)25(28)29)12-22(23)26-13-16-9-17(14-26)11-18(10-16)15-26/h3-8,12,16-18H,9-11,13-15H2,1-2H3,(H,28,29). The van der Waals surface area contributed by atoms with E-state index in [9.17, 15) is 4.79 Å². The summed E-state index contributed by atoms with van der Waals surface area (Å²) in [5.74, 6) is 2.72. The van der Waals surface area contributed by atoms with Gasteiger partial charge in [0.25, 0.3) is 0 Å². The Balaban J connectivity index is 1.52. The van der Waals surface area contributed by atoms with E-state index in [1.165, 1.54) is 44.1 Å². The molecule has 0 unspecified atom stereocenters. The van der Waals surface area contributed by atoms with Crippen molar-refractivity contribution in [2.75, 3.05) is 13.4 Å². The number of benzene rings is 2. The molecule has 4 aliphatic carbocycles. The van der Waals surface area contributed by atoms with E-state index >= 15 is 0 Å². The van der Waals surface area contributed by atoms with Crippen molar-refractivity contribution in [1.29, 1.82) is 0 Å². The Bertz CT molecular complexity index is 992. The summed E-state index contributed by atoms with van der Waals surface area (Å²) in [5, 5.41) is 10.1. The molecule has 0 atom stereocenters. The molecule has 0 aliphatic heterocycles. The molecule has 4 nitrogen and oxygen atoms in total. The molecular formula is C26H29NO3S. The Morgan fingerprint density at radius 3 is 2.10 bits per heavy atom. The first-order valence-corrected chi connectivity index (χ1v) is 12.4. The molecule has 6 rings (SSSR count). The molecule has 1 N–H and O–H groups in total. The molecule has 0 heterocycles. The van der Waals surface area contributed by atoms with Gasteiger partial charge in [0.1, 0.15) is 10.8 Å². The summed E-state index contributed by atoms with van der Waals surface area (Å²) in [4.78, 5) is 16.0. The average Bonchev–Trinajstić information content (AvgIpc) is 2.76. The second-order valence-corrected chi connectivity index (χ2v) is 10.4. The summed E-state index contributed by atoms with van der Waals surface area (Å²) in [7, 11) is 1.78. The van der Waals surface area contributed by atoms with Crippen LogP contribution in [0.4, 0.5) is 5.69 Å². The Kier molecular flexibility index (Phi) is 5.33. The highest BCUT2D eigenvalue weighted by Gasteiger charge is 2.52. The molecule has 4 saturated carbocycles. The number of carbonyl (C=O) groups is 1. The molecule has 0 aromatic heterocycles. The van der Waals surface area contributed by atoms with Crippen LogP contribution < -0.4 is 4.74 Å². The van der Waals surface area contributed by atoms with Crippen LogP contribution in [0.2, 0.25) is 0 Å². The lowest BCUT2D eigenvalue weighted by atomic mass is 9.48. The fourth-order valence-electron chi connectivity index (χ4n) is 6.72. The monoisotopic (exact) mass is 435 g/mol. The van der Waals surface area contributed by atoms with Gasteiger partial charge in [-0.25, -0.2) is 9.79 Å². The van der Waals surface area contributed by atoms with Crippen molar-refractivity contribution < 1.29 is 14.6 Å². The molecule has 2 aromatic rings. The van der Waals surface area contributed by atoms with E-state index in [4.69, 9.17) is 14.8 Å². The molecule has 0 amide bonds. The summed E-state index contributed by atoms with van der Waals surface area (Å²) in [6.07, 6.45) is 10.2. The summed E-state index contributed by atoms with van der Waals surface area (Å²) < 4.78 is 5.85. The quantitative estimate of drug-likeness (QED) is 0.442. The van der Waals surface area contributed by atoms with E-state index in [0.717, 1.165) is 39.8 Å². The molecule has 31 heavy (non-hydrogen) atoms. The van der Waals surface area contributed by atoms with Crippen LogP contribution in [0, 0.1) is 17.8 Å². The van der Waals surface area contributed by atoms with E-state index in [0.29, 0.717) is 0 Å². The van der Waals surface area contributed by atoms with Crippen LogP contribution in [-0.4, -0.2) is 29.5 Å². The summed E-state index contributed by atoms with van der Waals surface area (Å²) in [5.41, 5.74) is 3.78. The minimum atomic E-state index is -0.920. The largest absolute Gasteiger partial charge is 0.496 e. The second-order valence-electron chi connectivity index (χ2n) is 9.59. The van der Waals surface area contributed by atoms with Gasteiger partial charge in [0.15, 0.2) is 0 Å². The van der Waals surface area contributed by atoms with Crippen LogP contribution in [0.15, 0.2) is 47.5 Å². The van der Waals surface area contributed by atoms with Gasteiger partial charge in [-0.1, -0.05) is 0 Å². The first-order valence-electron chi connectivity index (χ1n) is 11.1. The zero-order valence-electron chi connectivity index (χ0n) is 18.1. The molecule has 5 heteroatoms. The van der Waals surface area contributed by atoms with Crippen LogP contribution in [0.3, 0.4) is 0 Å².